The Morgan fingerprint density at radius 2 is 1.64 bits per heavy atom. The van der Waals surface area contributed by atoms with Crippen molar-refractivity contribution in [1.82, 2.24) is 19.6 Å². The molecular formula is C23H19N5. The first-order chi connectivity index (χ1) is 13.7. The Balaban J connectivity index is 1.74. The number of anilines is 1. The Kier molecular flexibility index (Phi) is 3.79. The van der Waals surface area contributed by atoms with Gasteiger partial charge < -0.3 is 4.90 Å². The minimum atomic E-state index is 0.595. The Morgan fingerprint density at radius 3 is 2.46 bits per heavy atom. The molecule has 0 fully saturated rings. The molecule has 0 amide bonds. The standard InChI is InChI=1S/C23H19N5/c1-27(2)18-12-10-17(11-13-18)22-14-21(25-23-26-24-15-28(22)23)20-9-5-7-16-6-3-4-8-19(16)20/h3-15H,1-2H3. The Bertz CT molecular complexity index is 1280. The van der Waals surface area contributed by atoms with E-state index in [0.717, 1.165) is 28.2 Å². The van der Waals surface area contributed by atoms with E-state index in [1.54, 1.807) is 6.33 Å². The van der Waals surface area contributed by atoms with E-state index in [-0.39, 0.29) is 0 Å². The van der Waals surface area contributed by atoms with Crippen molar-refractivity contribution in [3.05, 3.63) is 79.1 Å². The zero-order chi connectivity index (χ0) is 19.1. The highest BCUT2D eigenvalue weighted by Crippen LogP contribution is 2.31. The maximum Gasteiger partial charge on any atom is 0.255 e. The smallest absolute Gasteiger partial charge is 0.255 e. The third kappa shape index (κ3) is 2.68. The number of nitrogens with zero attached hydrogens (tertiary/aromatic N) is 5. The predicted octanol–water partition coefficient (Wildman–Crippen LogP) is 4.68. The summed E-state index contributed by atoms with van der Waals surface area (Å²) < 4.78 is 1.93. The fraction of sp³-hybridized carbons (Fsp3) is 0.0870. The first kappa shape index (κ1) is 16.4. The second kappa shape index (κ2) is 6.46. The molecule has 0 aliphatic carbocycles. The summed E-state index contributed by atoms with van der Waals surface area (Å²) in [6.07, 6.45) is 1.71. The molecule has 0 saturated heterocycles. The van der Waals surface area contributed by atoms with Gasteiger partial charge in [-0.2, -0.15) is 0 Å². The SMILES string of the molecule is CN(C)c1ccc(-c2cc(-c3cccc4ccccc34)nc3nncn23)cc1. The molecule has 0 radical (unpaired) electrons. The van der Waals surface area contributed by atoms with Crippen LogP contribution in [0.1, 0.15) is 0 Å². The van der Waals surface area contributed by atoms with Gasteiger partial charge in [0.2, 0.25) is 0 Å². The van der Waals surface area contributed by atoms with Crippen molar-refractivity contribution in [2.24, 2.45) is 0 Å². The normalized spacial score (nSPS) is 11.2. The zero-order valence-corrected chi connectivity index (χ0v) is 15.7. The van der Waals surface area contributed by atoms with Gasteiger partial charge in [-0.05, 0) is 34.5 Å². The lowest BCUT2D eigenvalue weighted by molar-refractivity contribution is 1.10. The van der Waals surface area contributed by atoms with E-state index >= 15 is 0 Å². The number of hydrogen-bond acceptors (Lipinski definition) is 4. The monoisotopic (exact) mass is 365 g/mol. The van der Waals surface area contributed by atoms with Crippen LogP contribution in [0.5, 0.6) is 0 Å². The summed E-state index contributed by atoms with van der Waals surface area (Å²) in [6, 6.07) is 25.2. The van der Waals surface area contributed by atoms with Gasteiger partial charge in [0.15, 0.2) is 0 Å². The molecule has 0 spiro atoms. The van der Waals surface area contributed by atoms with E-state index < -0.39 is 0 Å². The molecular weight excluding hydrogens is 346 g/mol. The molecule has 0 aliphatic rings. The number of rotatable bonds is 3. The molecule has 28 heavy (non-hydrogen) atoms. The molecule has 5 heteroatoms. The summed E-state index contributed by atoms with van der Waals surface area (Å²) in [5.74, 6) is 0.595. The molecule has 2 aromatic heterocycles. The van der Waals surface area contributed by atoms with E-state index in [0.29, 0.717) is 5.78 Å². The molecule has 0 aliphatic heterocycles. The van der Waals surface area contributed by atoms with Crippen LogP contribution in [0, 0.1) is 0 Å². The molecule has 2 heterocycles. The maximum absolute atomic E-state index is 4.77. The van der Waals surface area contributed by atoms with Gasteiger partial charge in [0.25, 0.3) is 5.78 Å². The highest BCUT2D eigenvalue weighted by atomic mass is 15.3. The number of benzene rings is 3. The fourth-order valence-electron chi connectivity index (χ4n) is 3.55. The summed E-state index contributed by atoms with van der Waals surface area (Å²) in [5, 5.41) is 10.7. The molecule has 0 bridgehead atoms. The van der Waals surface area contributed by atoms with Gasteiger partial charge in [0.05, 0.1) is 11.4 Å². The van der Waals surface area contributed by atoms with Crippen LogP contribution in [0.25, 0.3) is 39.1 Å². The van der Waals surface area contributed by atoms with Gasteiger partial charge in [-0.3, -0.25) is 4.40 Å². The van der Waals surface area contributed by atoms with Crippen LogP contribution in [0.2, 0.25) is 0 Å². The van der Waals surface area contributed by atoms with Crippen LogP contribution in [0.4, 0.5) is 5.69 Å². The van der Waals surface area contributed by atoms with Gasteiger partial charge in [-0.15, -0.1) is 10.2 Å². The molecule has 3 aromatic carbocycles. The minimum Gasteiger partial charge on any atom is -0.378 e. The maximum atomic E-state index is 4.77. The van der Waals surface area contributed by atoms with Gasteiger partial charge >= 0.3 is 0 Å². The van der Waals surface area contributed by atoms with E-state index in [1.165, 1.54) is 10.8 Å². The quantitative estimate of drug-likeness (QED) is 0.466. The lowest BCUT2D eigenvalue weighted by Crippen LogP contribution is -2.08. The Labute approximate surface area is 162 Å². The molecule has 136 valence electrons. The first-order valence-corrected chi connectivity index (χ1v) is 9.17. The van der Waals surface area contributed by atoms with E-state index in [2.05, 4.69) is 87.9 Å². The average Bonchev–Trinajstić information content (AvgIpc) is 3.21. The Morgan fingerprint density at radius 1 is 0.857 bits per heavy atom. The molecule has 5 nitrogen and oxygen atoms in total. The van der Waals surface area contributed by atoms with E-state index in [9.17, 15) is 0 Å². The third-order valence-electron chi connectivity index (χ3n) is 5.03. The molecule has 5 aromatic rings. The second-order valence-electron chi connectivity index (χ2n) is 7.00. The van der Waals surface area contributed by atoms with Crippen molar-refractivity contribution in [3.8, 4) is 22.5 Å². The summed E-state index contributed by atoms with van der Waals surface area (Å²) >= 11 is 0. The fourth-order valence-corrected chi connectivity index (χ4v) is 3.55. The van der Waals surface area contributed by atoms with Crippen molar-refractivity contribution < 1.29 is 0 Å². The second-order valence-corrected chi connectivity index (χ2v) is 7.00. The van der Waals surface area contributed by atoms with Crippen molar-refractivity contribution >= 4 is 22.2 Å². The third-order valence-corrected chi connectivity index (χ3v) is 5.03. The highest BCUT2D eigenvalue weighted by molar-refractivity contribution is 5.96. The van der Waals surface area contributed by atoms with Gasteiger partial charge in [0, 0.05) is 25.3 Å². The Hall–Kier alpha value is -3.73. The topological polar surface area (TPSA) is 46.3 Å². The van der Waals surface area contributed by atoms with Crippen molar-refractivity contribution in [3.63, 3.8) is 0 Å². The summed E-state index contributed by atoms with van der Waals surface area (Å²) in [4.78, 5) is 6.86. The van der Waals surface area contributed by atoms with E-state index in [4.69, 9.17) is 4.98 Å². The molecule has 0 atom stereocenters. The lowest BCUT2D eigenvalue weighted by atomic mass is 10.0. The number of fused-ring (bicyclic) bond motifs is 2. The van der Waals surface area contributed by atoms with Crippen molar-refractivity contribution in [2.45, 2.75) is 0 Å². The summed E-state index contributed by atoms with van der Waals surface area (Å²) in [6.45, 7) is 0. The van der Waals surface area contributed by atoms with Crippen LogP contribution in [0.3, 0.4) is 0 Å². The van der Waals surface area contributed by atoms with Crippen LogP contribution < -0.4 is 4.90 Å². The number of hydrogen-bond donors (Lipinski definition) is 0. The molecule has 5 rings (SSSR count). The highest BCUT2D eigenvalue weighted by Gasteiger charge is 2.12. The lowest BCUT2D eigenvalue weighted by Gasteiger charge is -2.14. The summed E-state index contributed by atoms with van der Waals surface area (Å²) in [5.41, 5.74) is 5.26. The molecule has 0 saturated carbocycles. The average molecular weight is 365 g/mol. The van der Waals surface area contributed by atoms with Crippen LogP contribution >= 0.6 is 0 Å². The van der Waals surface area contributed by atoms with Crippen molar-refractivity contribution in [2.75, 3.05) is 19.0 Å². The molecule has 0 unspecified atom stereocenters. The zero-order valence-electron chi connectivity index (χ0n) is 15.7. The summed E-state index contributed by atoms with van der Waals surface area (Å²) in [7, 11) is 4.08. The minimum absolute atomic E-state index is 0.595. The predicted molar refractivity (Wildman–Crippen MR) is 113 cm³/mol. The number of aromatic nitrogens is 4. The van der Waals surface area contributed by atoms with Gasteiger partial charge in [-0.1, -0.05) is 54.6 Å². The van der Waals surface area contributed by atoms with Crippen molar-refractivity contribution in [1.29, 1.82) is 0 Å². The first-order valence-electron chi connectivity index (χ1n) is 9.17. The largest absolute Gasteiger partial charge is 0.378 e. The van der Waals surface area contributed by atoms with Gasteiger partial charge in [0.1, 0.15) is 6.33 Å². The van der Waals surface area contributed by atoms with Crippen LogP contribution in [-0.4, -0.2) is 33.7 Å². The van der Waals surface area contributed by atoms with Crippen LogP contribution in [0.15, 0.2) is 79.1 Å². The molecule has 0 N–H and O–H groups in total. The van der Waals surface area contributed by atoms with Crippen LogP contribution in [-0.2, 0) is 0 Å². The van der Waals surface area contributed by atoms with E-state index in [1.807, 2.05) is 18.5 Å². The van der Waals surface area contributed by atoms with Gasteiger partial charge in [-0.25, -0.2) is 4.98 Å².